The maximum absolute atomic E-state index is 12.7. The maximum Gasteiger partial charge on any atom is 0.291 e. The normalized spacial score (nSPS) is 12.8. The average Bonchev–Trinajstić information content (AvgIpc) is 3.15. The van der Waals surface area contributed by atoms with Crippen molar-refractivity contribution in [3.63, 3.8) is 0 Å². The summed E-state index contributed by atoms with van der Waals surface area (Å²) < 4.78 is 3.01. The Balaban J connectivity index is 1.72. The van der Waals surface area contributed by atoms with Crippen LogP contribution in [0.2, 0.25) is 0 Å². The molecule has 0 bridgehead atoms. The highest BCUT2D eigenvalue weighted by molar-refractivity contribution is 9.10. The maximum atomic E-state index is 12.7. The van der Waals surface area contributed by atoms with Gasteiger partial charge in [-0.15, -0.1) is 5.10 Å². The molecule has 0 N–H and O–H groups in total. The second-order valence-corrected chi connectivity index (χ2v) is 9.35. The van der Waals surface area contributed by atoms with Gasteiger partial charge in [0.1, 0.15) is 0 Å². The third-order valence-electron chi connectivity index (χ3n) is 4.36. The first kappa shape index (κ1) is 18.1. The fraction of sp³-hybridized carbons (Fsp3) is 0.190. The molecule has 6 heteroatoms. The molecule has 0 saturated carbocycles. The Morgan fingerprint density at radius 1 is 1.04 bits per heavy atom. The second kappa shape index (κ2) is 6.69. The summed E-state index contributed by atoms with van der Waals surface area (Å²) >= 11 is 4.77. The molecule has 4 aromatic rings. The van der Waals surface area contributed by atoms with E-state index in [1.165, 1.54) is 21.4 Å². The third kappa shape index (κ3) is 3.59. The molecule has 0 spiro atoms. The molecule has 2 aromatic carbocycles. The van der Waals surface area contributed by atoms with Crippen LogP contribution in [-0.4, -0.2) is 14.6 Å². The lowest BCUT2D eigenvalue weighted by Crippen LogP contribution is -2.23. The summed E-state index contributed by atoms with van der Waals surface area (Å²) in [5, 5.41) is 4.39. The van der Waals surface area contributed by atoms with Crippen molar-refractivity contribution >= 4 is 38.3 Å². The second-order valence-electron chi connectivity index (χ2n) is 7.42. The molecule has 136 valence electrons. The molecule has 2 heterocycles. The van der Waals surface area contributed by atoms with Crippen LogP contribution in [0.4, 0.5) is 0 Å². The van der Waals surface area contributed by atoms with Gasteiger partial charge in [0.2, 0.25) is 4.96 Å². The van der Waals surface area contributed by atoms with Crippen molar-refractivity contribution in [1.82, 2.24) is 14.6 Å². The van der Waals surface area contributed by atoms with Crippen molar-refractivity contribution in [2.45, 2.75) is 26.2 Å². The molecule has 0 fully saturated rings. The standard InChI is InChI=1S/C21H18BrN3OS/c1-21(2,3)15-8-4-13(5-9-15)12-17-19(26)25-20(27-17)23-18(24-25)14-6-10-16(22)11-7-14/h4-12H,1-3H3/b17-12-. The average molecular weight is 440 g/mol. The highest BCUT2D eigenvalue weighted by Crippen LogP contribution is 2.22. The Morgan fingerprint density at radius 2 is 1.70 bits per heavy atom. The van der Waals surface area contributed by atoms with E-state index in [-0.39, 0.29) is 11.0 Å². The van der Waals surface area contributed by atoms with E-state index >= 15 is 0 Å². The van der Waals surface area contributed by atoms with Crippen molar-refractivity contribution in [3.8, 4) is 11.4 Å². The van der Waals surface area contributed by atoms with Gasteiger partial charge in [-0.3, -0.25) is 4.79 Å². The lowest BCUT2D eigenvalue weighted by molar-refractivity contribution is 0.590. The minimum Gasteiger partial charge on any atom is -0.266 e. The van der Waals surface area contributed by atoms with Crippen molar-refractivity contribution in [2.24, 2.45) is 0 Å². The lowest BCUT2D eigenvalue weighted by atomic mass is 9.87. The highest BCUT2D eigenvalue weighted by atomic mass is 79.9. The topological polar surface area (TPSA) is 47.3 Å². The van der Waals surface area contributed by atoms with E-state index in [9.17, 15) is 4.79 Å². The summed E-state index contributed by atoms with van der Waals surface area (Å²) in [5.74, 6) is 0.562. The molecular formula is C21H18BrN3OS. The van der Waals surface area contributed by atoms with Crippen LogP contribution >= 0.6 is 27.3 Å². The number of aromatic nitrogens is 3. The largest absolute Gasteiger partial charge is 0.291 e. The van der Waals surface area contributed by atoms with Gasteiger partial charge < -0.3 is 0 Å². The van der Waals surface area contributed by atoms with Gasteiger partial charge in [0.15, 0.2) is 5.82 Å². The Bertz CT molecular complexity index is 1220. The van der Waals surface area contributed by atoms with Crippen LogP contribution in [0.3, 0.4) is 0 Å². The molecule has 0 saturated heterocycles. The van der Waals surface area contributed by atoms with Crippen molar-refractivity contribution in [2.75, 3.05) is 0 Å². The SMILES string of the molecule is CC(C)(C)c1ccc(/C=c2\sc3nc(-c4ccc(Br)cc4)nn3c2=O)cc1. The fourth-order valence-electron chi connectivity index (χ4n) is 2.79. The number of hydrogen-bond acceptors (Lipinski definition) is 4. The molecule has 0 aliphatic carbocycles. The van der Waals surface area contributed by atoms with Crippen molar-refractivity contribution < 1.29 is 0 Å². The van der Waals surface area contributed by atoms with Gasteiger partial charge in [0, 0.05) is 10.0 Å². The number of fused-ring (bicyclic) bond motifs is 1. The smallest absolute Gasteiger partial charge is 0.266 e. The number of halogens is 1. The quantitative estimate of drug-likeness (QED) is 0.464. The van der Waals surface area contributed by atoms with Crippen LogP contribution in [0, 0.1) is 0 Å². The number of thiazole rings is 1. The molecule has 4 nitrogen and oxygen atoms in total. The highest BCUT2D eigenvalue weighted by Gasteiger charge is 2.14. The molecule has 0 unspecified atom stereocenters. The third-order valence-corrected chi connectivity index (χ3v) is 5.85. The predicted molar refractivity (Wildman–Crippen MR) is 114 cm³/mol. The Kier molecular flexibility index (Phi) is 4.48. The first-order chi connectivity index (χ1) is 12.8. The number of nitrogens with zero attached hydrogens (tertiary/aromatic N) is 3. The molecule has 2 aromatic heterocycles. The zero-order valence-corrected chi connectivity index (χ0v) is 17.6. The van der Waals surface area contributed by atoms with Gasteiger partial charge in [0.05, 0.1) is 4.53 Å². The van der Waals surface area contributed by atoms with Gasteiger partial charge in [-0.05, 0) is 34.8 Å². The molecule has 0 aliphatic heterocycles. The zero-order valence-electron chi connectivity index (χ0n) is 15.2. The van der Waals surface area contributed by atoms with Gasteiger partial charge in [-0.25, -0.2) is 0 Å². The van der Waals surface area contributed by atoms with Crippen LogP contribution in [0.1, 0.15) is 31.9 Å². The molecule has 0 amide bonds. The van der Waals surface area contributed by atoms with Crippen molar-refractivity contribution in [3.05, 3.63) is 79.0 Å². The monoisotopic (exact) mass is 439 g/mol. The van der Waals surface area contributed by atoms with Crippen LogP contribution in [0.15, 0.2) is 57.8 Å². The Hall–Kier alpha value is -2.31. The fourth-order valence-corrected chi connectivity index (χ4v) is 3.96. The van der Waals surface area contributed by atoms with Gasteiger partial charge in [0.25, 0.3) is 5.56 Å². The molecular weight excluding hydrogens is 422 g/mol. The minimum absolute atomic E-state index is 0.110. The zero-order chi connectivity index (χ0) is 19.2. The summed E-state index contributed by atoms with van der Waals surface area (Å²) in [6.45, 7) is 6.55. The van der Waals surface area contributed by atoms with Crippen molar-refractivity contribution in [1.29, 1.82) is 0 Å². The summed E-state index contributed by atoms with van der Waals surface area (Å²) in [5.41, 5.74) is 3.13. The van der Waals surface area contributed by atoms with Gasteiger partial charge >= 0.3 is 0 Å². The first-order valence-corrected chi connectivity index (χ1v) is 10.2. The van der Waals surface area contributed by atoms with E-state index in [1.54, 1.807) is 0 Å². The molecule has 0 aliphatic rings. The summed E-state index contributed by atoms with van der Waals surface area (Å²) in [4.78, 5) is 17.8. The van der Waals surface area contributed by atoms with E-state index in [1.807, 2.05) is 42.5 Å². The van der Waals surface area contributed by atoms with E-state index in [4.69, 9.17) is 0 Å². The van der Waals surface area contributed by atoms with Gasteiger partial charge in [-0.2, -0.15) is 9.50 Å². The predicted octanol–water partition coefficient (Wildman–Crippen LogP) is 4.43. The van der Waals surface area contributed by atoms with Crippen LogP contribution in [0.25, 0.3) is 22.4 Å². The van der Waals surface area contributed by atoms with E-state index in [2.05, 4.69) is 58.9 Å². The number of hydrogen-bond donors (Lipinski definition) is 0. The summed E-state index contributed by atoms with van der Waals surface area (Å²) in [6.07, 6.45) is 1.90. The van der Waals surface area contributed by atoms with Gasteiger partial charge in [-0.1, -0.05) is 84.4 Å². The summed E-state index contributed by atoms with van der Waals surface area (Å²) in [7, 11) is 0. The Labute approximate surface area is 169 Å². The Morgan fingerprint density at radius 3 is 2.30 bits per heavy atom. The number of rotatable bonds is 2. The summed E-state index contributed by atoms with van der Waals surface area (Å²) in [6, 6.07) is 16.0. The van der Waals surface area contributed by atoms with Crippen LogP contribution in [0.5, 0.6) is 0 Å². The molecule has 27 heavy (non-hydrogen) atoms. The van der Waals surface area contributed by atoms with E-state index < -0.39 is 0 Å². The van der Waals surface area contributed by atoms with E-state index in [0.717, 1.165) is 15.6 Å². The van der Waals surface area contributed by atoms with E-state index in [0.29, 0.717) is 15.3 Å². The number of benzene rings is 2. The van der Waals surface area contributed by atoms with Crippen LogP contribution in [-0.2, 0) is 5.41 Å². The minimum atomic E-state index is -0.134. The molecule has 0 radical (unpaired) electrons. The molecule has 4 rings (SSSR count). The first-order valence-electron chi connectivity index (χ1n) is 8.59. The molecule has 0 atom stereocenters. The van der Waals surface area contributed by atoms with Crippen LogP contribution < -0.4 is 10.1 Å². The lowest BCUT2D eigenvalue weighted by Gasteiger charge is -2.18.